The number of aromatic nitrogens is 2. The molecule has 1 aromatic heterocycles. The molecule has 2 N–H and O–H groups in total. The van der Waals surface area contributed by atoms with Gasteiger partial charge in [-0.2, -0.15) is 0 Å². The molecule has 1 aromatic carbocycles. The van der Waals surface area contributed by atoms with Gasteiger partial charge in [-0.15, -0.1) is 5.10 Å². The highest BCUT2D eigenvalue weighted by atomic mass is 79.9. The Morgan fingerprint density at radius 1 is 1.47 bits per heavy atom. The van der Waals surface area contributed by atoms with Crippen molar-refractivity contribution in [2.45, 2.75) is 25.8 Å². The topological polar surface area (TPSA) is 61.0 Å². The molecule has 0 saturated heterocycles. The van der Waals surface area contributed by atoms with Crippen LogP contribution in [0.1, 0.15) is 29.1 Å². The lowest BCUT2D eigenvalue weighted by Gasteiger charge is -2.14. The van der Waals surface area contributed by atoms with Gasteiger partial charge in [-0.25, -0.2) is 0 Å². The lowest BCUT2D eigenvalue weighted by atomic mass is 10.0. The van der Waals surface area contributed by atoms with Gasteiger partial charge in [0.15, 0.2) is 0 Å². The number of halogens is 1. The Hall–Kier alpha value is -0.980. The molecule has 0 saturated carbocycles. The van der Waals surface area contributed by atoms with Crippen LogP contribution >= 0.6 is 27.5 Å². The molecule has 0 radical (unpaired) electrons. The SMILES string of the molecule is CCc1nnsc1C(N)Cc1cc(Br)ccc1OC. The van der Waals surface area contributed by atoms with Crippen molar-refractivity contribution in [3.8, 4) is 5.75 Å². The summed E-state index contributed by atoms with van der Waals surface area (Å²) >= 11 is 4.85. The van der Waals surface area contributed by atoms with Crippen molar-refractivity contribution < 1.29 is 4.74 Å². The first kappa shape index (κ1) is 14.4. The normalized spacial score (nSPS) is 12.4. The van der Waals surface area contributed by atoms with Crippen LogP contribution in [0.4, 0.5) is 0 Å². The van der Waals surface area contributed by atoms with Gasteiger partial charge < -0.3 is 10.5 Å². The van der Waals surface area contributed by atoms with Gasteiger partial charge in [0, 0.05) is 10.5 Å². The molecule has 2 rings (SSSR count). The third-order valence-electron chi connectivity index (χ3n) is 2.94. The number of ether oxygens (including phenoxy) is 1. The fraction of sp³-hybridized carbons (Fsp3) is 0.385. The summed E-state index contributed by atoms with van der Waals surface area (Å²) in [5.74, 6) is 0.856. The van der Waals surface area contributed by atoms with Gasteiger partial charge in [0.05, 0.1) is 17.7 Å². The van der Waals surface area contributed by atoms with Crippen molar-refractivity contribution in [1.82, 2.24) is 9.59 Å². The van der Waals surface area contributed by atoms with E-state index in [0.717, 1.165) is 32.8 Å². The average molecular weight is 342 g/mol. The van der Waals surface area contributed by atoms with Crippen LogP contribution in [0.3, 0.4) is 0 Å². The van der Waals surface area contributed by atoms with E-state index in [1.165, 1.54) is 11.5 Å². The smallest absolute Gasteiger partial charge is 0.122 e. The highest BCUT2D eigenvalue weighted by Crippen LogP contribution is 2.29. The van der Waals surface area contributed by atoms with Crippen molar-refractivity contribution >= 4 is 27.5 Å². The summed E-state index contributed by atoms with van der Waals surface area (Å²) in [4.78, 5) is 1.06. The third kappa shape index (κ3) is 3.32. The molecule has 0 spiro atoms. The Labute approximate surface area is 125 Å². The predicted molar refractivity (Wildman–Crippen MR) is 80.6 cm³/mol. The molecule has 0 fully saturated rings. The molecule has 0 aliphatic carbocycles. The summed E-state index contributed by atoms with van der Waals surface area (Å²) < 4.78 is 10.4. The molecule has 6 heteroatoms. The number of nitrogens with two attached hydrogens (primary N) is 1. The van der Waals surface area contributed by atoms with Crippen LogP contribution in [-0.2, 0) is 12.8 Å². The molecule has 0 aliphatic heterocycles. The maximum absolute atomic E-state index is 6.28. The van der Waals surface area contributed by atoms with E-state index >= 15 is 0 Å². The number of benzene rings is 1. The van der Waals surface area contributed by atoms with Gasteiger partial charge >= 0.3 is 0 Å². The molecule has 0 amide bonds. The Morgan fingerprint density at radius 3 is 2.95 bits per heavy atom. The molecule has 1 heterocycles. The molecule has 0 aliphatic rings. The quantitative estimate of drug-likeness (QED) is 0.907. The monoisotopic (exact) mass is 341 g/mol. The lowest BCUT2D eigenvalue weighted by molar-refractivity contribution is 0.408. The average Bonchev–Trinajstić information content (AvgIpc) is 2.87. The summed E-state index contributed by atoms with van der Waals surface area (Å²) in [7, 11) is 1.67. The first-order valence-corrected chi connectivity index (χ1v) is 7.61. The second-order valence-electron chi connectivity index (χ2n) is 4.20. The van der Waals surface area contributed by atoms with E-state index in [2.05, 4.69) is 32.4 Å². The number of rotatable bonds is 5. The van der Waals surface area contributed by atoms with Gasteiger partial charge in [0.1, 0.15) is 5.75 Å². The molecule has 19 heavy (non-hydrogen) atoms. The molecule has 1 atom stereocenters. The van der Waals surface area contributed by atoms with Crippen LogP contribution in [0.15, 0.2) is 22.7 Å². The molecular weight excluding hydrogens is 326 g/mol. The molecule has 4 nitrogen and oxygen atoms in total. The molecular formula is C13H16BrN3OS. The Kier molecular flexibility index (Phi) is 4.90. The second-order valence-corrected chi connectivity index (χ2v) is 5.91. The van der Waals surface area contributed by atoms with Gasteiger partial charge in [-0.05, 0) is 48.1 Å². The minimum Gasteiger partial charge on any atom is -0.496 e. The zero-order valence-electron chi connectivity index (χ0n) is 10.9. The summed E-state index contributed by atoms with van der Waals surface area (Å²) in [5, 5.41) is 4.11. The van der Waals surface area contributed by atoms with Crippen LogP contribution in [0.25, 0.3) is 0 Å². The fourth-order valence-corrected chi connectivity index (χ4v) is 3.12. The highest BCUT2D eigenvalue weighted by molar-refractivity contribution is 9.10. The van der Waals surface area contributed by atoms with Crippen molar-refractivity contribution in [3.05, 3.63) is 38.8 Å². The summed E-state index contributed by atoms with van der Waals surface area (Å²) in [6.07, 6.45) is 1.56. The van der Waals surface area contributed by atoms with E-state index in [1.807, 2.05) is 18.2 Å². The number of aryl methyl sites for hydroxylation is 1. The van der Waals surface area contributed by atoms with E-state index in [1.54, 1.807) is 7.11 Å². The standard InChI is InChI=1S/C13H16BrN3OS/c1-3-11-13(19-17-16-11)10(15)7-8-6-9(14)4-5-12(8)18-2/h4-6,10H,3,7,15H2,1-2H3. The van der Waals surface area contributed by atoms with Crippen LogP contribution < -0.4 is 10.5 Å². The predicted octanol–water partition coefficient (Wildman–Crippen LogP) is 3.11. The van der Waals surface area contributed by atoms with E-state index in [9.17, 15) is 0 Å². The molecule has 102 valence electrons. The Morgan fingerprint density at radius 2 is 2.26 bits per heavy atom. The van der Waals surface area contributed by atoms with Gasteiger partial charge in [0.25, 0.3) is 0 Å². The van der Waals surface area contributed by atoms with Crippen molar-refractivity contribution in [1.29, 1.82) is 0 Å². The van der Waals surface area contributed by atoms with E-state index in [0.29, 0.717) is 6.42 Å². The largest absolute Gasteiger partial charge is 0.496 e. The first-order chi connectivity index (χ1) is 9.15. The zero-order valence-corrected chi connectivity index (χ0v) is 13.3. The van der Waals surface area contributed by atoms with E-state index < -0.39 is 0 Å². The lowest BCUT2D eigenvalue weighted by Crippen LogP contribution is -2.14. The van der Waals surface area contributed by atoms with E-state index in [-0.39, 0.29) is 6.04 Å². The minimum absolute atomic E-state index is 0.0989. The summed E-state index contributed by atoms with van der Waals surface area (Å²) in [6.45, 7) is 2.06. The van der Waals surface area contributed by atoms with Crippen molar-refractivity contribution in [2.24, 2.45) is 5.73 Å². The van der Waals surface area contributed by atoms with Crippen LogP contribution in [0.2, 0.25) is 0 Å². The minimum atomic E-state index is -0.0989. The first-order valence-electron chi connectivity index (χ1n) is 6.04. The fourth-order valence-electron chi connectivity index (χ4n) is 1.98. The molecule has 1 unspecified atom stereocenters. The maximum Gasteiger partial charge on any atom is 0.122 e. The number of nitrogens with zero attached hydrogens (tertiary/aromatic N) is 2. The maximum atomic E-state index is 6.28. The highest BCUT2D eigenvalue weighted by Gasteiger charge is 2.17. The summed E-state index contributed by atoms with van der Waals surface area (Å²) in [5.41, 5.74) is 8.36. The third-order valence-corrected chi connectivity index (χ3v) is 4.33. The molecule has 0 bridgehead atoms. The Balaban J connectivity index is 2.23. The van der Waals surface area contributed by atoms with E-state index in [4.69, 9.17) is 10.5 Å². The van der Waals surface area contributed by atoms with Crippen LogP contribution in [0.5, 0.6) is 5.75 Å². The van der Waals surface area contributed by atoms with Crippen LogP contribution in [-0.4, -0.2) is 16.7 Å². The Bertz CT molecular complexity index is 559. The van der Waals surface area contributed by atoms with Crippen molar-refractivity contribution in [2.75, 3.05) is 7.11 Å². The van der Waals surface area contributed by atoms with Crippen molar-refractivity contribution in [3.63, 3.8) is 0 Å². The van der Waals surface area contributed by atoms with Gasteiger partial charge in [-0.1, -0.05) is 27.3 Å². The van der Waals surface area contributed by atoms with Crippen LogP contribution in [0, 0.1) is 0 Å². The summed E-state index contributed by atoms with van der Waals surface area (Å²) in [6, 6.07) is 5.84. The zero-order chi connectivity index (χ0) is 13.8. The second kappa shape index (κ2) is 6.45. The van der Waals surface area contributed by atoms with Gasteiger partial charge in [-0.3, -0.25) is 0 Å². The number of hydrogen-bond acceptors (Lipinski definition) is 5. The number of hydrogen-bond donors (Lipinski definition) is 1. The van der Waals surface area contributed by atoms with Gasteiger partial charge in [0.2, 0.25) is 0 Å². The molecule has 2 aromatic rings. The number of methoxy groups -OCH3 is 1.